The summed E-state index contributed by atoms with van der Waals surface area (Å²) in [5.74, 6) is -2.49. The molecule has 3 rings (SSSR count). The van der Waals surface area contributed by atoms with Crippen molar-refractivity contribution in [3.05, 3.63) is 50.7 Å². The zero-order valence-electron chi connectivity index (χ0n) is 15.2. The van der Waals surface area contributed by atoms with Crippen molar-refractivity contribution >= 4 is 17.3 Å². The van der Waals surface area contributed by atoms with E-state index >= 15 is 0 Å². The van der Waals surface area contributed by atoms with Crippen molar-refractivity contribution in [1.82, 2.24) is 9.97 Å². The zero-order valence-corrected chi connectivity index (χ0v) is 16.0. The number of oxime groups is 1. The van der Waals surface area contributed by atoms with Crippen LogP contribution in [0.1, 0.15) is 37.4 Å². The molecule has 1 aromatic carbocycles. The minimum Gasteiger partial charge on any atom is -0.449 e. The molecule has 2 heterocycles. The van der Waals surface area contributed by atoms with Gasteiger partial charge < -0.3 is 14.6 Å². The van der Waals surface area contributed by atoms with Crippen LogP contribution in [0.4, 0.5) is 26.3 Å². The Hall–Kier alpha value is -2.76. The van der Waals surface area contributed by atoms with Gasteiger partial charge in [0, 0.05) is 6.42 Å². The summed E-state index contributed by atoms with van der Waals surface area (Å²) in [5, 5.41) is 2.94. The molecule has 0 saturated carbocycles. The fraction of sp³-hybridized carbons (Fsp3) is 0.353. The molecule has 1 aliphatic heterocycles. The van der Waals surface area contributed by atoms with Gasteiger partial charge in [0.15, 0.2) is 11.5 Å². The van der Waals surface area contributed by atoms with Crippen molar-refractivity contribution in [2.45, 2.75) is 38.2 Å². The van der Waals surface area contributed by atoms with Crippen molar-refractivity contribution in [2.24, 2.45) is 5.16 Å². The van der Waals surface area contributed by atoms with Crippen LogP contribution in [0, 0.1) is 0 Å². The van der Waals surface area contributed by atoms with E-state index in [1.165, 1.54) is 0 Å². The van der Waals surface area contributed by atoms with Gasteiger partial charge in [-0.3, -0.25) is 4.79 Å². The summed E-state index contributed by atoms with van der Waals surface area (Å²) >= 11 is 5.47. The third-order valence-corrected chi connectivity index (χ3v) is 4.21. The van der Waals surface area contributed by atoms with E-state index < -0.39 is 57.1 Å². The molecule has 1 aromatic heterocycles. The summed E-state index contributed by atoms with van der Waals surface area (Å²) in [4.78, 5) is 22.8. The first kappa shape index (κ1) is 21.9. The monoisotopic (exact) mass is 455 g/mol. The largest absolute Gasteiger partial charge is 0.449 e. The lowest BCUT2D eigenvalue weighted by Gasteiger charge is -2.15. The number of halogens is 7. The molecule has 1 aliphatic rings. The van der Waals surface area contributed by atoms with E-state index in [-0.39, 0.29) is 12.1 Å². The van der Waals surface area contributed by atoms with E-state index in [0.29, 0.717) is 6.07 Å². The number of hydrogen-bond acceptors (Lipinski definition) is 5. The van der Waals surface area contributed by atoms with Gasteiger partial charge in [-0.15, -0.1) is 0 Å². The van der Waals surface area contributed by atoms with Crippen LogP contribution in [-0.4, -0.2) is 21.3 Å². The summed E-state index contributed by atoms with van der Waals surface area (Å²) in [6.45, 7) is 3.26. The van der Waals surface area contributed by atoms with Gasteiger partial charge in [0.1, 0.15) is 17.1 Å². The van der Waals surface area contributed by atoms with Gasteiger partial charge >= 0.3 is 12.4 Å². The molecule has 1 N–H and O–H groups in total. The number of aromatic nitrogens is 2. The minimum absolute atomic E-state index is 0.0278. The third-order valence-electron chi connectivity index (χ3n) is 3.88. The summed E-state index contributed by atoms with van der Waals surface area (Å²) < 4.78 is 84.3. The second-order valence-corrected chi connectivity index (χ2v) is 7.30. The van der Waals surface area contributed by atoms with Crippen molar-refractivity contribution in [1.29, 1.82) is 0 Å². The molecule has 0 saturated heterocycles. The van der Waals surface area contributed by atoms with Crippen LogP contribution in [0.5, 0.6) is 11.5 Å². The SMILES string of the molecule is CC1(C)CC(c2nc(C(F)(F)F)c(Oc3ccc(Cl)c(C(F)(F)F)c3)c(=O)[nH]2)=NO1. The van der Waals surface area contributed by atoms with Crippen LogP contribution in [0.3, 0.4) is 0 Å². The maximum Gasteiger partial charge on any atom is 0.437 e. The summed E-state index contributed by atoms with van der Waals surface area (Å²) in [7, 11) is 0. The molecule has 2 aromatic rings. The number of rotatable bonds is 3. The normalized spacial score (nSPS) is 16.2. The molecule has 0 bridgehead atoms. The molecule has 162 valence electrons. The number of ether oxygens (including phenoxy) is 1. The molecule has 0 radical (unpaired) electrons. The maximum atomic E-state index is 13.5. The van der Waals surface area contributed by atoms with Crippen molar-refractivity contribution in [2.75, 3.05) is 0 Å². The molecule has 0 fully saturated rings. The van der Waals surface area contributed by atoms with Crippen LogP contribution in [0.2, 0.25) is 5.02 Å². The van der Waals surface area contributed by atoms with Crippen molar-refractivity contribution < 1.29 is 35.9 Å². The van der Waals surface area contributed by atoms with Gasteiger partial charge in [0.05, 0.1) is 10.6 Å². The number of aromatic amines is 1. The standard InChI is InChI=1S/C17H12ClF6N3O3/c1-15(2)6-10(27-30-15)13-25-12(17(22,23)24)11(14(28)26-13)29-7-3-4-9(18)8(5-7)16(19,20)21/h3-5H,6H2,1-2H3,(H,25,26,28). The quantitative estimate of drug-likeness (QED) is 0.649. The smallest absolute Gasteiger partial charge is 0.437 e. The van der Waals surface area contributed by atoms with Gasteiger partial charge in [-0.25, -0.2) is 4.98 Å². The van der Waals surface area contributed by atoms with Gasteiger partial charge in [0.25, 0.3) is 5.56 Å². The van der Waals surface area contributed by atoms with E-state index in [1.807, 2.05) is 0 Å². The lowest BCUT2D eigenvalue weighted by molar-refractivity contribution is -0.142. The Morgan fingerprint density at radius 1 is 1.17 bits per heavy atom. The highest BCUT2D eigenvalue weighted by atomic mass is 35.5. The Kier molecular flexibility index (Phi) is 5.25. The van der Waals surface area contributed by atoms with Crippen LogP contribution in [0.25, 0.3) is 0 Å². The second kappa shape index (κ2) is 7.18. The fourth-order valence-electron chi connectivity index (χ4n) is 2.56. The average molecular weight is 456 g/mol. The van der Waals surface area contributed by atoms with Crippen LogP contribution in [-0.2, 0) is 17.2 Å². The van der Waals surface area contributed by atoms with E-state index in [1.54, 1.807) is 13.8 Å². The summed E-state index contributed by atoms with van der Waals surface area (Å²) in [5.41, 5.74) is -5.25. The molecule has 0 unspecified atom stereocenters. The second-order valence-electron chi connectivity index (χ2n) is 6.90. The fourth-order valence-corrected chi connectivity index (χ4v) is 2.79. The van der Waals surface area contributed by atoms with Crippen molar-refractivity contribution in [3.8, 4) is 11.5 Å². The zero-order chi connectivity index (χ0) is 22.5. The lowest BCUT2D eigenvalue weighted by Crippen LogP contribution is -2.25. The van der Waals surface area contributed by atoms with Crippen molar-refractivity contribution in [3.63, 3.8) is 0 Å². The Bertz CT molecular complexity index is 1080. The number of nitrogens with zero attached hydrogens (tertiary/aromatic N) is 2. The highest BCUT2D eigenvalue weighted by Crippen LogP contribution is 2.39. The minimum atomic E-state index is -5.15. The predicted octanol–water partition coefficient (Wildman–Crippen LogP) is 5.16. The third kappa shape index (κ3) is 4.53. The van der Waals surface area contributed by atoms with Gasteiger partial charge in [-0.05, 0) is 32.0 Å². The molecule has 0 spiro atoms. The Labute approximate surface area is 169 Å². The Morgan fingerprint density at radius 2 is 1.83 bits per heavy atom. The molecule has 0 amide bonds. The van der Waals surface area contributed by atoms with Crippen LogP contribution >= 0.6 is 11.6 Å². The lowest BCUT2D eigenvalue weighted by atomic mass is 10.0. The number of nitrogens with one attached hydrogen (secondary N) is 1. The first-order valence-electron chi connectivity index (χ1n) is 8.19. The Balaban J connectivity index is 2.07. The molecule has 6 nitrogen and oxygen atoms in total. The maximum absolute atomic E-state index is 13.5. The van der Waals surface area contributed by atoms with Crippen LogP contribution < -0.4 is 10.3 Å². The van der Waals surface area contributed by atoms with E-state index in [0.717, 1.165) is 12.1 Å². The molecule has 13 heteroatoms. The first-order chi connectivity index (χ1) is 13.7. The topological polar surface area (TPSA) is 76.6 Å². The number of hydrogen-bond donors (Lipinski definition) is 1. The van der Waals surface area contributed by atoms with Crippen LogP contribution in [0.15, 0.2) is 28.1 Å². The van der Waals surface area contributed by atoms with Gasteiger partial charge in [0.2, 0.25) is 5.75 Å². The Morgan fingerprint density at radius 3 is 2.37 bits per heavy atom. The predicted molar refractivity (Wildman–Crippen MR) is 92.7 cm³/mol. The number of H-pyrrole nitrogens is 1. The number of benzene rings is 1. The summed E-state index contributed by atoms with van der Waals surface area (Å²) in [6, 6.07) is 2.06. The molecule has 0 atom stereocenters. The highest BCUT2D eigenvalue weighted by Gasteiger charge is 2.41. The number of alkyl halides is 6. The molecule has 30 heavy (non-hydrogen) atoms. The summed E-state index contributed by atoms with van der Waals surface area (Å²) in [6.07, 6.45) is -9.96. The van der Waals surface area contributed by atoms with Gasteiger partial charge in [-0.2, -0.15) is 26.3 Å². The molecule has 0 aliphatic carbocycles. The molecular weight excluding hydrogens is 444 g/mol. The molecular formula is C17H12ClF6N3O3. The highest BCUT2D eigenvalue weighted by molar-refractivity contribution is 6.31. The van der Waals surface area contributed by atoms with E-state index in [4.69, 9.17) is 21.2 Å². The van der Waals surface area contributed by atoms with E-state index in [9.17, 15) is 31.1 Å². The first-order valence-corrected chi connectivity index (χ1v) is 8.57. The van der Waals surface area contributed by atoms with Gasteiger partial charge in [-0.1, -0.05) is 16.8 Å². The van der Waals surface area contributed by atoms with E-state index in [2.05, 4.69) is 15.1 Å². The average Bonchev–Trinajstić information content (AvgIpc) is 2.96.